The van der Waals surface area contributed by atoms with Crippen LogP contribution in [0.2, 0.25) is 0 Å². The molecule has 222 valence electrons. The first-order chi connectivity index (χ1) is 23.7. The SMILES string of the molecule is [C-]#[N+]c1ccc(-c2cccc(-c3ccc(-n4c5ccccc5c5ccccc54)cc3C#N)c2)c(-n2c3ccccc3c3ccccc32)c1. The quantitative estimate of drug-likeness (QED) is 0.183. The molecule has 0 saturated carbocycles. The highest BCUT2D eigenvalue weighted by atomic mass is 15.0. The third-order valence-corrected chi connectivity index (χ3v) is 9.38. The van der Waals surface area contributed by atoms with E-state index in [1.807, 2.05) is 30.3 Å². The Morgan fingerprint density at radius 1 is 0.479 bits per heavy atom. The zero-order valence-corrected chi connectivity index (χ0v) is 25.8. The number of nitriles is 1. The number of fused-ring (bicyclic) bond motifs is 6. The summed E-state index contributed by atoms with van der Waals surface area (Å²) in [6, 6.07) is 56.6. The molecule has 48 heavy (non-hydrogen) atoms. The molecule has 0 amide bonds. The number of hydrogen-bond donors (Lipinski definition) is 0. The van der Waals surface area contributed by atoms with Crippen molar-refractivity contribution in [1.29, 1.82) is 5.26 Å². The van der Waals surface area contributed by atoms with E-state index < -0.39 is 0 Å². The Balaban J connectivity index is 1.21. The minimum absolute atomic E-state index is 0.583. The van der Waals surface area contributed by atoms with Gasteiger partial charge < -0.3 is 9.13 Å². The van der Waals surface area contributed by atoms with Crippen LogP contribution >= 0.6 is 0 Å². The van der Waals surface area contributed by atoms with E-state index in [2.05, 4.69) is 147 Å². The monoisotopic (exact) mass is 610 g/mol. The van der Waals surface area contributed by atoms with Crippen LogP contribution in [-0.4, -0.2) is 9.13 Å². The van der Waals surface area contributed by atoms with Crippen LogP contribution in [0.15, 0.2) is 158 Å². The van der Waals surface area contributed by atoms with Gasteiger partial charge >= 0.3 is 0 Å². The number of para-hydroxylation sites is 4. The molecule has 0 unspecified atom stereocenters. The summed E-state index contributed by atoms with van der Waals surface area (Å²) in [7, 11) is 0. The van der Waals surface area contributed by atoms with E-state index >= 15 is 0 Å². The van der Waals surface area contributed by atoms with Gasteiger partial charge in [0.25, 0.3) is 0 Å². The third-order valence-electron chi connectivity index (χ3n) is 9.38. The summed E-state index contributed by atoms with van der Waals surface area (Å²) in [5.74, 6) is 0. The van der Waals surface area contributed by atoms with Crippen molar-refractivity contribution in [3.05, 3.63) is 175 Å². The summed E-state index contributed by atoms with van der Waals surface area (Å²) in [5, 5.41) is 15.2. The lowest BCUT2D eigenvalue weighted by molar-refractivity contribution is 1.18. The van der Waals surface area contributed by atoms with E-state index in [1.165, 1.54) is 21.5 Å². The van der Waals surface area contributed by atoms with Crippen molar-refractivity contribution in [2.75, 3.05) is 0 Å². The largest absolute Gasteiger partial charge is 0.310 e. The molecule has 4 nitrogen and oxygen atoms in total. The summed E-state index contributed by atoms with van der Waals surface area (Å²) in [6.45, 7) is 7.80. The standard InChI is InChI=1S/C44H26N4/c1-46-32-21-23-35(44(27-32)48-42-19-8-4-15-38(42)39-16-5-9-20-43(39)48)30-12-10-11-29(25-30)34-24-22-33(26-31(34)28-45)47-40-17-6-2-13-36(40)37-14-3-7-18-41(37)47/h2-27H. The molecule has 0 radical (unpaired) electrons. The van der Waals surface area contributed by atoms with E-state index in [-0.39, 0.29) is 0 Å². The maximum atomic E-state index is 10.5. The molecule has 0 spiro atoms. The molecule has 0 aliphatic heterocycles. The van der Waals surface area contributed by atoms with Gasteiger partial charge in [0, 0.05) is 38.5 Å². The van der Waals surface area contributed by atoms with E-state index in [4.69, 9.17) is 6.57 Å². The van der Waals surface area contributed by atoms with Crippen LogP contribution in [0.5, 0.6) is 0 Å². The highest BCUT2D eigenvalue weighted by Crippen LogP contribution is 2.39. The number of rotatable bonds is 4. The first kappa shape index (κ1) is 27.4. The number of benzene rings is 7. The molecule has 2 heterocycles. The molecule has 0 saturated heterocycles. The van der Waals surface area contributed by atoms with Crippen LogP contribution in [0.25, 0.3) is 82.1 Å². The summed E-state index contributed by atoms with van der Waals surface area (Å²) in [6.07, 6.45) is 0. The van der Waals surface area contributed by atoms with Gasteiger partial charge in [-0.3, -0.25) is 0 Å². The van der Waals surface area contributed by atoms with Crippen molar-refractivity contribution in [3.8, 4) is 39.7 Å². The lowest BCUT2D eigenvalue weighted by Gasteiger charge is -2.16. The predicted molar refractivity (Wildman–Crippen MR) is 197 cm³/mol. The lowest BCUT2D eigenvalue weighted by Crippen LogP contribution is -1.98. The number of nitrogens with zero attached hydrogens (tertiary/aromatic N) is 4. The Labute approximate surface area is 277 Å². The Morgan fingerprint density at radius 2 is 0.979 bits per heavy atom. The fourth-order valence-corrected chi connectivity index (χ4v) is 7.27. The molecular formula is C44H26N4. The van der Waals surface area contributed by atoms with E-state index in [1.54, 1.807) is 0 Å². The van der Waals surface area contributed by atoms with Crippen molar-refractivity contribution in [2.45, 2.75) is 0 Å². The third kappa shape index (κ3) is 4.14. The topological polar surface area (TPSA) is 38.0 Å². The van der Waals surface area contributed by atoms with Gasteiger partial charge in [-0.1, -0.05) is 109 Å². The van der Waals surface area contributed by atoms with Crippen molar-refractivity contribution < 1.29 is 0 Å². The number of aromatic nitrogens is 2. The lowest BCUT2D eigenvalue weighted by atomic mass is 9.95. The van der Waals surface area contributed by atoms with Crippen LogP contribution in [-0.2, 0) is 0 Å². The van der Waals surface area contributed by atoms with E-state index in [0.29, 0.717) is 11.3 Å². The smallest absolute Gasteiger partial charge is 0.189 e. The van der Waals surface area contributed by atoms with Crippen LogP contribution in [0.3, 0.4) is 0 Å². The van der Waals surface area contributed by atoms with E-state index in [0.717, 1.165) is 55.7 Å². The molecule has 9 rings (SSSR count). The second kappa shape index (κ2) is 10.9. The maximum Gasteiger partial charge on any atom is 0.189 e. The summed E-state index contributed by atoms with van der Waals surface area (Å²) >= 11 is 0. The predicted octanol–water partition coefficient (Wildman–Crippen LogP) is 11.6. The normalized spacial score (nSPS) is 11.3. The average molecular weight is 611 g/mol. The minimum atomic E-state index is 0.583. The number of hydrogen-bond acceptors (Lipinski definition) is 1. The summed E-state index contributed by atoms with van der Waals surface area (Å²) in [5.41, 5.74) is 11.3. The van der Waals surface area contributed by atoms with Crippen molar-refractivity contribution >= 4 is 49.3 Å². The summed E-state index contributed by atoms with van der Waals surface area (Å²) < 4.78 is 4.51. The zero-order chi connectivity index (χ0) is 32.2. The average Bonchev–Trinajstić information content (AvgIpc) is 3.67. The van der Waals surface area contributed by atoms with Crippen molar-refractivity contribution in [2.24, 2.45) is 0 Å². The molecule has 0 aliphatic carbocycles. The Morgan fingerprint density at radius 3 is 1.52 bits per heavy atom. The first-order valence-corrected chi connectivity index (χ1v) is 15.9. The second-order valence-corrected chi connectivity index (χ2v) is 12.0. The van der Waals surface area contributed by atoms with E-state index in [9.17, 15) is 5.26 Å². The molecule has 7 aromatic carbocycles. The molecule has 2 aromatic heterocycles. The van der Waals surface area contributed by atoms with Crippen LogP contribution in [0.1, 0.15) is 5.56 Å². The molecule has 9 aromatic rings. The van der Waals surface area contributed by atoms with Gasteiger partial charge in [-0.25, -0.2) is 4.85 Å². The highest BCUT2D eigenvalue weighted by Gasteiger charge is 2.18. The molecular weight excluding hydrogens is 585 g/mol. The fourth-order valence-electron chi connectivity index (χ4n) is 7.27. The van der Waals surface area contributed by atoms with Gasteiger partial charge in [-0.2, -0.15) is 5.26 Å². The van der Waals surface area contributed by atoms with Gasteiger partial charge in [-0.15, -0.1) is 0 Å². The van der Waals surface area contributed by atoms with Crippen LogP contribution in [0.4, 0.5) is 5.69 Å². The molecule has 0 atom stereocenters. The van der Waals surface area contributed by atoms with Gasteiger partial charge in [0.05, 0.1) is 40.3 Å². The molecule has 0 N–H and O–H groups in total. The van der Waals surface area contributed by atoms with Gasteiger partial charge in [0.15, 0.2) is 5.69 Å². The second-order valence-electron chi connectivity index (χ2n) is 12.0. The molecule has 0 aliphatic rings. The first-order valence-electron chi connectivity index (χ1n) is 15.9. The fraction of sp³-hybridized carbons (Fsp3) is 0. The van der Waals surface area contributed by atoms with Gasteiger partial charge in [0.2, 0.25) is 0 Å². The molecule has 0 bridgehead atoms. The van der Waals surface area contributed by atoms with Gasteiger partial charge in [0.1, 0.15) is 0 Å². The maximum absolute atomic E-state index is 10.5. The van der Waals surface area contributed by atoms with Crippen molar-refractivity contribution in [1.82, 2.24) is 9.13 Å². The highest BCUT2D eigenvalue weighted by molar-refractivity contribution is 6.10. The molecule has 0 fully saturated rings. The van der Waals surface area contributed by atoms with Crippen molar-refractivity contribution in [3.63, 3.8) is 0 Å². The van der Waals surface area contributed by atoms with Crippen LogP contribution < -0.4 is 0 Å². The Bertz CT molecular complexity index is 2710. The van der Waals surface area contributed by atoms with Gasteiger partial charge in [-0.05, 0) is 65.2 Å². The Kier molecular flexibility index (Phi) is 6.22. The Hall–Kier alpha value is -6.88. The molecule has 4 heteroatoms. The minimum Gasteiger partial charge on any atom is -0.310 e. The summed E-state index contributed by atoms with van der Waals surface area (Å²) in [4.78, 5) is 3.79. The van der Waals surface area contributed by atoms with Crippen LogP contribution in [0, 0.1) is 17.9 Å². The zero-order valence-electron chi connectivity index (χ0n) is 25.8.